The van der Waals surface area contributed by atoms with Gasteiger partial charge in [-0.05, 0) is 49.2 Å². The quantitative estimate of drug-likeness (QED) is 0.451. The van der Waals surface area contributed by atoms with Crippen molar-refractivity contribution in [3.8, 4) is 0 Å². The van der Waals surface area contributed by atoms with E-state index in [0.29, 0.717) is 5.96 Å². The maximum atomic E-state index is 5.92. The second kappa shape index (κ2) is 6.82. The molecule has 0 aromatic heterocycles. The minimum Gasteiger partial charge on any atom is -0.399 e. The van der Waals surface area contributed by atoms with Crippen molar-refractivity contribution in [1.82, 2.24) is 0 Å². The average molecular weight is 291 g/mol. The minimum atomic E-state index is 0. The number of nitrogen functional groups attached to an aromatic ring is 1. The lowest BCUT2D eigenvalue weighted by Crippen LogP contribution is -2.22. The molecule has 0 aliphatic heterocycles. The Morgan fingerprint density at radius 1 is 1.05 bits per heavy atom. The average Bonchev–Trinajstić information content (AvgIpc) is 2.36. The summed E-state index contributed by atoms with van der Waals surface area (Å²) in [4.78, 5) is 4.36. The van der Waals surface area contributed by atoms with E-state index in [1.807, 2.05) is 56.3 Å². The van der Waals surface area contributed by atoms with Crippen LogP contribution >= 0.6 is 12.4 Å². The zero-order valence-electron chi connectivity index (χ0n) is 11.6. The van der Waals surface area contributed by atoms with Crippen molar-refractivity contribution in [2.75, 3.05) is 11.1 Å². The number of benzene rings is 2. The van der Waals surface area contributed by atoms with Crippen LogP contribution in [0.4, 0.5) is 17.1 Å². The number of guanidine groups is 1. The highest BCUT2D eigenvalue weighted by Gasteiger charge is 2.01. The third-order valence-corrected chi connectivity index (χ3v) is 2.87. The van der Waals surface area contributed by atoms with Gasteiger partial charge in [-0.3, -0.25) is 0 Å². The largest absolute Gasteiger partial charge is 0.399 e. The topological polar surface area (TPSA) is 76.4 Å². The maximum absolute atomic E-state index is 5.92. The van der Waals surface area contributed by atoms with Crippen molar-refractivity contribution in [2.24, 2.45) is 10.7 Å². The van der Waals surface area contributed by atoms with Crippen LogP contribution in [0.3, 0.4) is 0 Å². The smallest absolute Gasteiger partial charge is 0.198 e. The highest BCUT2D eigenvalue weighted by molar-refractivity contribution is 5.94. The summed E-state index contributed by atoms with van der Waals surface area (Å²) in [5.41, 5.74) is 16.2. The van der Waals surface area contributed by atoms with Gasteiger partial charge < -0.3 is 16.8 Å². The summed E-state index contributed by atoms with van der Waals surface area (Å²) < 4.78 is 0. The molecule has 2 rings (SSSR count). The van der Waals surface area contributed by atoms with E-state index in [1.165, 1.54) is 0 Å². The van der Waals surface area contributed by atoms with Crippen molar-refractivity contribution in [3.05, 3.63) is 53.6 Å². The minimum absolute atomic E-state index is 0. The lowest BCUT2D eigenvalue weighted by atomic mass is 10.2. The Morgan fingerprint density at radius 2 is 1.75 bits per heavy atom. The molecule has 0 heterocycles. The number of hydrogen-bond donors (Lipinski definition) is 3. The number of aliphatic imine (C=N–C) groups is 1. The lowest BCUT2D eigenvalue weighted by molar-refractivity contribution is 1.36. The van der Waals surface area contributed by atoms with Crippen LogP contribution in [0.15, 0.2) is 47.5 Å². The predicted molar refractivity (Wildman–Crippen MR) is 88.9 cm³/mol. The summed E-state index contributed by atoms with van der Waals surface area (Å²) >= 11 is 0. The van der Waals surface area contributed by atoms with Crippen LogP contribution in [-0.4, -0.2) is 5.96 Å². The van der Waals surface area contributed by atoms with Gasteiger partial charge in [-0.1, -0.05) is 18.2 Å². The van der Waals surface area contributed by atoms with Crippen molar-refractivity contribution >= 4 is 35.4 Å². The molecule has 0 fully saturated rings. The van der Waals surface area contributed by atoms with Crippen LogP contribution in [0.5, 0.6) is 0 Å². The molecule has 0 unspecified atom stereocenters. The standard InChI is InChI=1S/C15H18N4.ClH/c1-10-5-3-4-6-13(10)18-15(17)19-14-8-7-12(16)9-11(14)2;/h3-9H,16H2,1-2H3,(H3,17,18,19);1H. The number of aryl methyl sites for hydroxylation is 2. The summed E-state index contributed by atoms with van der Waals surface area (Å²) in [6, 6.07) is 13.5. The van der Waals surface area contributed by atoms with Crippen molar-refractivity contribution < 1.29 is 0 Å². The van der Waals surface area contributed by atoms with E-state index < -0.39 is 0 Å². The van der Waals surface area contributed by atoms with Crippen LogP contribution in [0.1, 0.15) is 11.1 Å². The maximum Gasteiger partial charge on any atom is 0.198 e. The van der Waals surface area contributed by atoms with Gasteiger partial charge in [0.2, 0.25) is 0 Å². The summed E-state index contributed by atoms with van der Waals surface area (Å²) in [7, 11) is 0. The second-order valence-corrected chi connectivity index (χ2v) is 4.48. The van der Waals surface area contributed by atoms with Gasteiger partial charge in [-0.25, -0.2) is 4.99 Å². The summed E-state index contributed by atoms with van der Waals surface area (Å²) in [6.45, 7) is 3.97. The number of nitrogens with two attached hydrogens (primary N) is 2. The number of para-hydroxylation sites is 1. The Balaban J connectivity index is 0.00000200. The molecule has 5 N–H and O–H groups in total. The molecule has 0 spiro atoms. The predicted octanol–water partition coefficient (Wildman–Crippen LogP) is 3.37. The van der Waals surface area contributed by atoms with E-state index >= 15 is 0 Å². The molecule has 0 aliphatic rings. The molecule has 0 radical (unpaired) electrons. The van der Waals surface area contributed by atoms with E-state index in [2.05, 4.69) is 10.3 Å². The van der Waals surface area contributed by atoms with Gasteiger partial charge in [0.15, 0.2) is 5.96 Å². The van der Waals surface area contributed by atoms with Crippen LogP contribution in [0.25, 0.3) is 0 Å². The second-order valence-electron chi connectivity index (χ2n) is 4.48. The third-order valence-electron chi connectivity index (χ3n) is 2.87. The van der Waals surface area contributed by atoms with Crippen molar-refractivity contribution in [1.29, 1.82) is 0 Å². The van der Waals surface area contributed by atoms with E-state index in [4.69, 9.17) is 11.5 Å². The number of nitrogens with zero attached hydrogens (tertiary/aromatic N) is 1. The van der Waals surface area contributed by atoms with Gasteiger partial charge in [0.05, 0.1) is 5.69 Å². The first-order valence-corrected chi connectivity index (χ1v) is 6.09. The molecule has 2 aromatic carbocycles. The molecule has 20 heavy (non-hydrogen) atoms. The number of anilines is 2. The zero-order chi connectivity index (χ0) is 13.8. The van der Waals surface area contributed by atoms with Crippen LogP contribution in [-0.2, 0) is 0 Å². The Kier molecular flexibility index (Phi) is 5.41. The Labute approximate surface area is 125 Å². The molecular weight excluding hydrogens is 272 g/mol. The first kappa shape index (κ1) is 15.9. The number of nitrogens with one attached hydrogen (secondary N) is 1. The molecule has 0 amide bonds. The summed E-state index contributed by atoms with van der Waals surface area (Å²) in [5, 5.41) is 3.10. The van der Waals surface area contributed by atoms with Gasteiger partial charge in [0, 0.05) is 11.4 Å². The van der Waals surface area contributed by atoms with Gasteiger partial charge in [-0.15, -0.1) is 12.4 Å². The molecule has 2 aromatic rings. The van der Waals surface area contributed by atoms with Gasteiger partial charge in [0.1, 0.15) is 0 Å². The fourth-order valence-electron chi connectivity index (χ4n) is 1.81. The highest BCUT2D eigenvalue weighted by Crippen LogP contribution is 2.21. The summed E-state index contributed by atoms with van der Waals surface area (Å²) in [5.74, 6) is 0.363. The lowest BCUT2D eigenvalue weighted by Gasteiger charge is -2.09. The zero-order valence-corrected chi connectivity index (χ0v) is 12.4. The van der Waals surface area contributed by atoms with Crippen LogP contribution < -0.4 is 16.8 Å². The Morgan fingerprint density at radius 3 is 2.40 bits per heavy atom. The molecule has 4 nitrogen and oxygen atoms in total. The van der Waals surface area contributed by atoms with Gasteiger partial charge in [-0.2, -0.15) is 0 Å². The molecule has 5 heteroatoms. The Bertz CT molecular complexity index is 623. The van der Waals surface area contributed by atoms with Crippen molar-refractivity contribution in [2.45, 2.75) is 13.8 Å². The van der Waals surface area contributed by atoms with E-state index in [-0.39, 0.29) is 12.4 Å². The molecule has 106 valence electrons. The van der Waals surface area contributed by atoms with Crippen LogP contribution in [0.2, 0.25) is 0 Å². The molecule has 0 atom stereocenters. The first-order valence-electron chi connectivity index (χ1n) is 6.09. The van der Waals surface area contributed by atoms with Crippen LogP contribution in [0, 0.1) is 13.8 Å². The fourth-order valence-corrected chi connectivity index (χ4v) is 1.81. The first-order chi connectivity index (χ1) is 9.06. The SMILES string of the molecule is Cc1cc(N)ccc1N=C(N)Nc1ccccc1C.Cl. The normalized spacial score (nSPS) is 10.8. The highest BCUT2D eigenvalue weighted by atomic mass is 35.5. The molecular formula is C15H19ClN4. The number of hydrogen-bond acceptors (Lipinski definition) is 2. The molecule has 0 aliphatic carbocycles. The fraction of sp³-hybridized carbons (Fsp3) is 0.133. The summed E-state index contributed by atoms with van der Waals surface area (Å²) in [6.07, 6.45) is 0. The van der Waals surface area contributed by atoms with E-state index in [1.54, 1.807) is 0 Å². The Hall–Kier alpha value is -2.20. The number of rotatable bonds is 2. The monoisotopic (exact) mass is 290 g/mol. The van der Waals surface area contributed by atoms with Gasteiger partial charge in [0.25, 0.3) is 0 Å². The van der Waals surface area contributed by atoms with Gasteiger partial charge >= 0.3 is 0 Å². The molecule has 0 bridgehead atoms. The third kappa shape index (κ3) is 3.90. The molecule has 0 saturated carbocycles. The van der Waals surface area contributed by atoms with E-state index in [0.717, 1.165) is 28.2 Å². The van der Waals surface area contributed by atoms with E-state index in [9.17, 15) is 0 Å². The van der Waals surface area contributed by atoms with Crippen molar-refractivity contribution in [3.63, 3.8) is 0 Å². The number of halogens is 1. The molecule has 0 saturated heterocycles.